The number of aryl methyl sites for hydroxylation is 1. The number of phenols is 2. The van der Waals surface area contributed by atoms with Gasteiger partial charge >= 0.3 is 0 Å². The Hall–Kier alpha value is -3.52. The molecular weight excluding hydrogens is 498 g/mol. The van der Waals surface area contributed by atoms with E-state index in [1.165, 1.54) is 0 Å². The normalized spacial score (nSPS) is 27.7. The molecule has 0 spiro atoms. The van der Waals surface area contributed by atoms with Crippen molar-refractivity contribution in [2.75, 3.05) is 20.4 Å². The number of nitriles is 1. The highest BCUT2D eigenvalue weighted by molar-refractivity contribution is 5.81. The number of nitrogens with zero attached hydrogens (tertiary/aromatic N) is 3. The molecule has 1 amide bonds. The van der Waals surface area contributed by atoms with Crippen molar-refractivity contribution in [2.24, 2.45) is 5.73 Å². The van der Waals surface area contributed by atoms with Crippen LogP contribution in [0.4, 0.5) is 0 Å². The minimum atomic E-state index is -0.700. The van der Waals surface area contributed by atoms with Gasteiger partial charge in [-0.05, 0) is 64.3 Å². The first-order chi connectivity index (χ1) is 18.6. The summed E-state index contributed by atoms with van der Waals surface area (Å²) in [6.45, 7) is 7.55. The molecule has 6 atom stereocenters. The van der Waals surface area contributed by atoms with Gasteiger partial charge in [-0.3, -0.25) is 14.6 Å². The van der Waals surface area contributed by atoms with Gasteiger partial charge in [0.25, 0.3) is 0 Å². The molecule has 5 N–H and O–H groups in total. The molecule has 10 nitrogen and oxygen atoms in total. The molecule has 1 fully saturated rings. The lowest BCUT2D eigenvalue weighted by atomic mass is 9.71. The van der Waals surface area contributed by atoms with Crippen molar-refractivity contribution >= 4 is 5.91 Å². The van der Waals surface area contributed by atoms with E-state index in [2.05, 4.69) is 27.3 Å². The summed E-state index contributed by atoms with van der Waals surface area (Å²) in [4.78, 5) is 17.0. The molecule has 2 aromatic carbocycles. The summed E-state index contributed by atoms with van der Waals surface area (Å²) in [7, 11) is 2.02. The molecule has 10 heteroatoms. The van der Waals surface area contributed by atoms with E-state index in [1.807, 2.05) is 20.9 Å². The number of carbonyl (C=O) groups excluding carboxylic acids is 1. The van der Waals surface area contributed by atoms with Gasteiger partial charge in [-0.25, -0.2) is 0 Å². The molecule has 4 aliphatic rings. The van der Waals surface area contributed by atoms with Gasteiger partial charge in [0.05, 0.1) is 24.2 Å². The van der Waals surface area contributed by atoms with Gasteiger partial charge in [-0.15, -0.1) is 0 Å². The van der Waals surface area contributed by atoms with Crippen LogP contribution in [-0.4, -0.2) is 70.5 Å². The summed E-state index contributed by atoms with van der Waals surface area (Å²) in [5.74, 6) is 1.16. The van der Waals surface area contributed by atoms with E-state index in [0.717, 1.165) is 33.4 Å². The predicted octanol–water partition coefficient (Wildman–Crippen LogP) is 1.99. The number of fused-ring (bicyclic) bond motifs is 9. The lowest BCUT2D eigenvalue weighted by Crippen LogP contribution is -2.68. The highest BCUT2D eigenvalue weighted by Crippen LogP contribution is 2.57. The zero-order valence-electron chi connectivity index (χ0n) is 22.9. The molecule has 39 heavy (non-hydrogen) atoms. The Bertz CT molecular complexity index is 1430. The van der Waals surface area contributed by atoms with Crippen LogP contribution in [0.1, 0.15) is 58.0 Å². The van der Waals surface area contributed by atoms with E-state index >= 15 is 0 Å². The van der Waals surface area contributed by atoms with Gasteiger partial charge in [0.1, 0.15) is 17.5 Å². The number of piperazine rings is 1. The molecular formula is C29H35N5O5. The topological polar surface area (TPSA) is 144 Å². The summed E-state index contributed by atoms with van der Waals surface area (Å²) in [5, 5.41) is 36.4. The quantitative estimate of drug-likeness (QED) is 0.465. The Morgan fingerprint density at radius 3 is 2.56 bits per heavy atom. The second-order valence-corrected chi connectivity index (χ2v) is 11.4. The first-order valence-corrected chi connectivity index (χ1v) is 13.4. The number of rotatable bonds is 3. The third-order valence-corrected chi connectivity index (χ3v) is 9.34. The SMILES string of the molecule is Cc1cc2c(c(O)c1C)C1C3Cc4c(O)c(C)c5c(c4[C@H](CNC(=O)[C@H](C)N)N3[C@@H](C#N)[C@H](C2)N1C)OCO5. The zero-order chi connectivity index (χ0) is 27.9. The van der Waals surface area contributed by atoms with E-state index in [0.29, 0.717) is 29.9 Å². The number of hydrogen-bond acceptors (Lipinski definition) is 9. The highest BCUT2D eigenvalue weighted by atomic mass is 16.7. The lowest BCUT2D eigenvalue weighted by molar-refractivity contribution is -0.123. The van der Waals surface area contributed by atoms with Crippen molar-refractivity contribution in [1.29, 1.82) is 5.26 Å². The molecule has 0 saturated carbocycles. The number of aromatic hydroxyl groups is 2. The Labute approximate surface area is 227 Å². The van der Waals surface area contributed by atoms with E-state index < -0.39 is 18.1 Å². The van der Waals surface area contributed by atoms with Crippen molar-refractivity contribution in [3.05, 3.63) is 45.0 Å². The monoisotopic (exact) mass is 533 g/mol. The van der Waals surface area contributed by atoms with Gasteiger partial charge < -0.3 is 30.7 Å². The van der Waals surface area contributed by atoms with Crippen molar-refractivity contribution < 1.29 is 24.5 Å². The summed E-state index contributed by atoms with van der Waals surface area (Å²) in [6.07, 6.45) is 1.04. The average molecular weight is 534 g/mol. The van der Waals surface area contributed by atoms with Crippen LogP contribution < -0.4 is 20.5 Å². The molecule has 206 valence electrons. The summed E-state index contributed by atoms with van der Waals surface area (Å²) < 4.78 is 11.7. The number of carbonyl (C=O) groups is 1. The molecule has 4 heterocycles. The first kappa shape index (κ1) is 25.7. The molecule has 2 unspecified atom stereocenters. The van der Waals surface area contributed by atoms with Gasteiger partial charge in [0.2, 0.25) is 12.7 Å². The van der Waals surface area contributed by atoms with Gasteiger partial charge in [0, 0.05) is 40.9 Å². The van der Waals surface area contributed by atoms with Crippen LogP contribution in [-0.2, 0) is 17.6 Å². The van der Waals surface area contributed by atoms with E-state index in [4.69, 9.17) is 15.2 Å². The van der Waals surface area contributed by atoms with Crippen molar-refractivity contribution in [2.45, 2.75) is 76.8 Å². The number of likely N-dealkylation sites (N-methyl/N-ethyl adjacent to an activating group) is 1. The van der Waals surface area contributed by atoms with Gasteiger partial charge in [0.15, 0.2) is 11.5 Å². The second kappa shape index (κ2) is 9.01. The van der Waals surface area contributed by atoms with Crippen LogP contribution >= 0.6 is 0 Å². The molecule has 2 bridgehead atoms. The van der Waals surface area contributed by atoms with Crippen molar-refractivity contribution in [3.63, 3.8) is 0 Å². The molecule has 0 radical (unpaired) electrons. The fraction of sp³-hybridized carbons (Fsp3) is 0.517. The first-order valence-electron chi connectivity index (χ1n) is 13.4. The Balaban J connectivity index is 1.58. The number of benzene rings is 2. The third-order valence-electron chi connectivity index (χ3n) is 9.34. The minimum Gasteiger partial charge on any atom is -0.507 e. The number of nitrogens with two attached hydrogens (primary N) is 1. The minimum absolute atomic E-state index is 0.0317. The van der Waals surface area contributed by atoms with E-state index in [9.17, 15) is 20.3 Å². The Morgan fingerprint density at radius 1 is 1.15 bits per heavy atom. The number of nitrogens with one attached hydrogen (secondary N) is 1. The van der Waals surface area contributed by atoms with Crippen LogP contribution in [0, 0.1) is 32.1 Å². The number of ether oxygens (including phenoxy) is 2. The largest absolute Gasteiger partial charge is 0.507 e. The van der Waals surface area contributed by atoms with Gasteiger partial charge in [-0.2, -0.15) is 5.26 Å². The molecule has 0 aromatic heterocycles. The van der Waals surface area contributed by atoms with Crippen molar-refractivity contribution in [3.8, 4) is 29.1 Å². The van der Waals surface area contributed by atoms with E-state index in [-0.39, 0.29) is 48.9 Å². The fourth-order valence-electron chi connectivity index (χ4n) is 7.27. The van der Waals surface area contributed by atoms with Crippen LogP contribution in [0.5, 0.6) is 23.0 Å². The lowest BCUT2D eigenvalue weighted by Gasteiger charge is -2.60. The Morgan fingerprint density at radius 2 is 1.87 bits per heavy atom. The van der Waals surface area contributed by atoms with Crippen LogP contribution in [0.2, 0.25) is 0 Å². The summed E-state index contributed by atoms with van der Waals surface area (Å²) in [6, 6.07) is 2.38. The maximum Gasteiger partial charge on any atom is 0.236 e. The number of hydrogen-bond donors (Lipinski definition) is 4. The van der Waals surface area contributed by atoms with Crippen LogP contribution in [0.15, 0.2) is 6.07 Å². The number of phenolic OH excluding ortho intramolecular Hbond substituents is 2. The smallest absolute Gasteiger partial charge is 0.236 e. The maximum absolute atomic E-state index is 12.6. The molecule has 0 aliphatic carbocycles. The van der Waals surface area contributed by atoms with Crippen molar-refractivity contribution in [1.82, 2.24) is 15.1 Å². The van der Waals surface area contributed by atoms with Gasteiger partial charge in [-0.1, -0.05) is 6.07 Å². The number of amides is 1. The highest BCUT2D eigenvalue weighted by Gasteiger charge is 2.56. The molecule has 2 aromatic rings. The molecule has 1 saturated heterocycles. The van der Waals surface area contributed by atoms with Crippen LogP contribution in [0.25, 0.3) is 0 Å². The van der Waals surface area contributed by atoms with Crippen LogP contribution in [0.3, 0.4) is 0 Å². The predicted molar refractivity (Wildman–Crippen MR) is 143 cm³/mol. The fourth-order valence-corrected chi connectivity index (χ4v) is 7.27. The average Bonchev–Trinajstić information content (AvgIpc) is 3.39. The zero-order valence-corrected chi connectivity index (χ0v) is 22.9. The summed E-state index contributed by atoms with van der Waals surface area (Å²) >= 11 is 0. The second-order valence-electron chi connectivity index (χ2n) is 11.4. The standard InChI is InChI=1S/C29H35N5O5/c1-12-6-16-7-18-20(9-30)34-19(24(33(18)5)22(16)26(36)13(12)2)8-17-23(21(34)10-32-29(37)15(4)31)28-27(38-11-39-28)14(3)25(17)35/h6,15,18-21,24,35-36H,7-8,10-11,31H2,1-5H3,(H,32,37)/t15-,18-,19?,20-,21-,24?/m0/s1. The molecule has 6 rings (SSSR count). The third kappa shape index (κ3) is 3.53. The summed E-state index contributed by atoms with van der Waals surface area (Å²) in [5.41, 5.74) is 11.7. The Kier molecular flexibility index (Phi) is 5.95. The molecule has 4 aliphatic heterocycles. The maximum atomic E-state index is 12.6. The van der Waals surface area contributed by atoms with E-state index in [1.54, 1.807) is 13.8 Å².